The fourth-order valence-electron chi connectivity index (χ4n) is 2.82. The topological polar surface area (TPSA) is 41.6 Å². The number of piperidine rings is 1. The Hall–Kier alpha value is -0.420. The van der Waals surface area contributed by atoms with Crippen molar-refractivity contribution in [1.29, 1.82) is 0 Å². The maximum atomic E-state index is 12.1. The van der Waals surface area contributed by atoms with Gasteiger partial charge < -0.3 is 15.0 Å². The van der Waals surface area contributed by atoms with Crippen LogP contribution in [0.2, 0.25) is 0 Å². The molecule has 2 aliphatic heterocycles. The van der Waals surface area contributed by atoms with Crippen LogP contribution in [0, 0.1) is 5.41 Å². The van der Waals surface area contributed by atoms with Gasteiger partial charge in [0.15, 0.2) is 0 Å². The lowest BCUT2D eigenvalue weighted by Gasteiger charge is -2.40. The molecule has 0 aromatic heterocycles. The highest BCUT2D eigenvalue weighted by molar-refractivity contribution is 7.99. The highest BCUT2D eigenvalue weighted by Gasteiger charge is 2.34. The fraction of sp³-hybridized carbons (Fsp3) is 0.938. The summed E-state index contributed by atoms with van der Waals surface area (Å²) in [6, 6.07) is 0.690. The van der Waals surface area contributed by atoms with Crippen molar-refractivity contribution >= 4 is 17.9 Å². The monoisotopic (exact) mass is 314 g/mol. The molecule has 122 valence electrons. The lowest BCUT2D eigenvalue weighted by Crippen LogP contribution is -2.48. The van der Waals surface area contributed by atoms with Gasteiger partial charge in [0, 0.05) is 31.4 Å². The second-order valence-corrected chi connectivity index (χ2v) is 8.87. The molecular formula is C16H30N2O2S. The van der Waals surface area contributed by atoms with Crippen molar-refractivity contribution in [3.05, 3.63) is 0 Å². The molecule has 0 aromatic rings. The first-order valence-electron chi connectivity index (χ1n) is 8.07. The van der Waals surface area contributed by atoms with Crippen LogP contribution in [0.4, 0.5) is 4.79 Å². The second kappa shape index (κ2) is 6.78. The number of nitrogens with one attached hydrogen (secondary N) is 1. The smallest absolute Gasteiger partial charge is 0.410 e. The Morgan fingerprint density at radius 2 is 2.05 bits per heavy atom. The Morgan fingerprint density at radius 1 is 1.38 bits per heavy atom. The number of amides is 1. The number of ether oxygens (including phenoxy) is 1. The summed E-state index contributed by atoms with van der Waals surface area (Å²) in [5, 5.41) is 3.72. The van der Waals surface area contributed by atoms with Gasteiger partial charge in [-0.15, -0.1) is 0 Å². The molecule has 1 N–H and O–H groups in total. The Balaban J connectivity index is 1.74. The van der Waals surface area contributed by atoms with Gasteiger partial charge in [-0.2, -0.15) is 11.8 Å². The van der Waals surface area contributed by atoms with Crippen molar-refractivity contribution in [3.8, 4) is 0 Å². The largest absolute Gasteiger partial charge is 0.444 e. The van der Waals surface area contributed by atoms with Crippen LogP contribution in [-0.2, 0) is 4.74 Å². The minimum absolute atomic E-state index is 0.162. The average molecular weight is 314 g/mol. The summed E-state index contributed by atoms with van der Waals surface area (Å²) in [6.45, 7) is 10.8. The summed E-state index contributed by atoms with van der Waals surface area (Å²) in [6.07, 6.45) is 3.24. The maximum absolute atomic E-state index is 12.1. The maximum Gasteiger partial charge on any atom is 0.410 e. The third-order valence-electron chi connectivity index (χ3n) is 4.37. The summed E-state index contributed by atoms with van der Waals surface area (Å²) < 4.78 is 5.46. The number of carbonyl (C=O) groups is 1. The van der Waals surface area contributed by atoms with Gasteiger partial charge in [0.2, 0.25) is 0 Å². The van der Waals surface area contributed by atoms with Crippen molar-refractivity contribution in [2.24, 2.45) is 5.41 Å². The van der Waals surface area contributed by atoms with Crippen LogP contribution in [0.1, 0.15) is 47.0 Å². The van der Waals surface area contributed by atoms with Crippen molar-refractivity contribution < 1.29 is 9.53 Å². The molecule has 2 heterocycles. The molecular weight excluding hydrogens is 284 g/mol. The van der Waals surface area contributed by atoms with Crippen LogP contribution in [0.3, 0.4) is 0 Å². The van der Waals surface area contributed by atoms with E-state index in [0.29, 0.717) is 11.5 Å². The summed E-state index contributed by atoms with van der Waals surface area (Å²) in [5.74, 6) is 2.54. The number of thioether (sulfide) groups is 1. The van der Waals surface area contributed by atoms with Crippen LogP contribution in [0.25, 0.3) is 0 Å². The molecule has 1 unspecified atom stereocenters. The number of hydrogen-bond acceptors (Lipinski definition) is 4. The first-order chi connectivity index (χ1) is 9.77. The fourth-order valence-corrected chi connectivity index (χ4v) is 4.01. The zero-order valence-corrected chi connectivity index (χ0v) is 14.7. The van der Waals surface area contributed by atoms with Gasteiger partial charge in [-0.1, -0.05) is 6.92 Å². The minimum Gasteiger partial charge on any atom is -0.444 e. The van der Waals surface area contributed by atoms with Crippen LogP contribution < -0.4 is 5.32 Å². The van der Waals surface area contributed by atoms with Gasteiger partial charge >= 0.3 is 6.09 Å². The molecule has 5 heteroatoms. The zero-order valence-electron chi connectivity index (χ0n) is 13.9. The van der Waals surface area contributed by atoms with Gasteiger partial charge in [-0.25, -0.2) is 4.79 Å². The van der Waals surface area contributed by atoms with E-state index in [-0.39, 0.29) is 6.09 Å². The molecule has 21 heavy (non-hydrogen) atoms. The molecule has 0 radical (unpaired) electrons. The van der Waals surface area contributed by atoms with Crippen LogP contribution in [0.5, 0.6) is 0 Å². The molecule has 0 saturated carbocycles. The Kier molecular flexibility index (Phi) is 5.47. The predicted molar refractivity (Wildman–Crippen MR) is 88.9 cm³/mol. The van der Waals surface area contributed by atoms with Crippen LogP contribution >= 0.6 is 11.8 Å². The predicted octanol–water partition coefficient (Wildman–Crippen LogP) is 3.12. The van der Waals surface area contributed by atoms with Gasteiger partial charge in [0.25, 0.3) is 0 Å². The second-order valence-electron chi connectivity index (χ2n) is 7.72. The molecule has 1 amide bonds. The normalized spacial score (nSPS) is 25.9. The summed E-state index contributed by atoms with van der Waals surface area (Å²) in [4.78, 5) is 13.9. The Bertz CT molecular complexity index is 354. The lowest BCUT2D eigenvalue weighted by molar-refractivity contribution is 0.0118. The lowest BCUT2D eigenvalue weighted by atomic mass is 9.80. The van der Waals surface area contributed by atoms with E-state index in [0.717, 1.165) is 32.5 Å². The van der Waals surface area contributed by atoms with Gasteiger partial charge in [-0.3, -0.25) is 0 Å². The number of rotatable bonds is 3. The number of hydrogen-bond donors (Lipinski definition) is 1. The van der Waals surface area contributed by atoms with Crippen LogP contribution in [-0.4, -0.2) is 53.8 Å². The summed E-state index contributed by atoms with van der Waals surface area (Å²) >= 11 is 2.05. The Morgan fingerprint density at radius 3 is 2.57 bits per heavy atom. The molecule has 0 aromatic carbocycles. The van der Waals surface area contributed by atoms with Crippen molar-refractivity contribution in [2.75, 3.05) is 31.1 Å². The average Bonchev–Trinajstić information content (AvgIpc) is 2.88. The van der Waals surface area contributed by atoms with E-state index in [1.54, 1.807) is 0 Å². The van der Waals surface area contributed by atoms with Crippen molar-refractivity contribution in [3.63, 3.8) is 0 Å². The van der Waals surface area contributed by atoms with Gasteiger partial charge in [-0.05, 0) is 51.2 Å². The summed E-state index contributed by atoms with van der Waals surface area (Å²) in [7, 11) is 0. The van der Waals surface area contributed by atoms with Crippen molar-refractivity contribution in [2.45, 2.75) is 58.6 Å². The van der Waals surface area contributed by atoms with Gasteiger partial charge in [0.05, 0.1) is 0 Å². The van der Waals surface area contributed by atoms with E-state index >= 15 is 0 Å². The van der Waals surface area contributed by atoms with Crippen LogP contribution in [0.15, 0.2) is 0 Å². The SMILES string of the molecule is CC1(CNC2CCSC2)CCN(C(=O)OC(C)(C)C)CC1. The highest BCUT2D eigenvalue weighted by atomic mass is 32.2. The number of likely N-dealkylation sites (tertiary alicyclic amines) is 1. The molecule has 0 spiro atoms. The van der Waals surface area contributed by atoms with E-state index in [2.05, 4.69) is 12.2 Å². The quantitative estimate of drug-likeness (QED) is 0.869. The molecule has 2 saturated heterocycles. The molecule has 4 nitrogen and oxygen atoms in total. The Labute approximate surface area is 133 Å². The van der Waals surface area contributed by atoms with E-state index in [9.17, 15) is 4.79 Å². The third-order valence-corrected chi connectivity index (χ3v) is 5.53. The summed E-state index contributed by atoms with van der Waals surface area (Å²) in [5.41, 5.74) is -0.0920. The molecule has 0 aliphatic carbocycles. The van der Waals surface area contributed by atoms with E-state index in [4.69, 9.17) is 4.74 Å². The first kappa shape index (κ1) is 16.9. The standard InChI is InChI=1S/C16H30N2O2S/c1-15(2,3)20-14(19)18-8-6-16(4,7-9-18)12-17-13-5-10-21-11-13/h13,17H,5-12H2,1-4H3. The highest BCUT2D eigenvalue weighted by Crippen LogP contribution is 2.31. The zero-order chi connectivity index (χ0) is 15.5. The first-order valence-corrected chi connectivity index (χ1v) is 9.22. The van der Waals surface area contributed by atoms with Crippen molar-refractivity contribution in [1.82, 2.24) is 10.2 Å². The molecule has 0 bridgehead atoms. The van der Waals surface area contributed by atoms with Gasteiger partial charge in [0.1, 0.15) is 5.60 Å². The third kappa shape index (κ3) is 5.37. The minimum atomic E-state index is -0.403. The number of nitrogens with zero attached hydrogens (tertiary/aromatic N) is 1. The van der Waals surface area contributed by atoms with E-state index in [1.807, 2.05) is 37.4 Å². The number of carbonyl (C=O) groups excluding carboxylic acids is 1. The van der Waals surface area contributed by atoms with E-state index in [1.165, 1.54) is 17.9 Å². The van der Waals surface area contributed by atoms with E-state index < -0.39 is 5.60 Å². The molecule has 2 aliphatic rings. The molecule has 2 rings (SSSR count). The molecule has 2 fully saturated rings. The molecule has 1 atom stereocenters.